The number of hydrogen-bond donors (Lipinski definition) is 1. The number of nitrogens with zero attached hydrogens (tertiary/aromatic N) is 2. The summed E-state index contributed by atoms with van der Waals surface area (Å²) in [6.45, 7) is 5.34. The average Bonchev–Trinajstić information content (AvgIpc) is 3.17. The molecule has 21 heavy (non-hydrogen) atoms. The van der Waals surface area contributed by atoms with E-state index in [4.69, 9.17) is 9.97 Å². The molecule has 4 heteroatoms. The molecule has 2 aliphatic rings. The van der Waals surface area contributed by atoms with Crippen molar-refractivity contribution >= 4 is 27.4 Å². The van der Waals surface area contributed by atoms with Crippen molar-refractivity contribution in [2.45, 2.75) is 51.9 Å². The van der Waals surface area contributed by atoms with Crippen molar-refractivity contribution in [2.24, 2.45) is 11.8 Å². The fourth-order valence-corrected chi connectivity index (χ4v) is 5.05. The quantitative estimate of drug-likeness (QED) is 0.887. The molecule has 3 atom stereocenters. The lowest BCUT2D eigenvalue weighted by Gasteiger charge is -2.21. The lowest BCUT2D eigenvalue weighted by Crippen LogP contribution is -2.13. The molecule has 1 N–H and O–H groups in total. The second kappa shape index (κ2) is 5.24. The molecule has 0 amide bonds. The van der Waals surface area contributed by atoms with Gasteiger partial charge in [-0.3, -0.25) is 0 Å². The van der Waals surface area contributed by atoms with Crippen LogP contribution in [0.4, 0.5) is 5.82 Å². The van der Waals surface area contributed by atoms with Gasteiger partial charge in [-0.1, -0.05) is 13.3 Å². The van der Waals surface area contributed by atoms with Gasteiger partial charge in [0.2, 0.25) is 0 Å². The highest BCUT2D eigenvalue weighted by Crippen LogP contribution is 2.52. The van der Waals surface area contributed by atoms with E-state index in [9.17, 15) is 0 Å². The predicted molar refractivity (Wildman–Crippen MR) is 89.1 cm³/mol. The van der Waals surface area contributed by atoms with Crippen LogP contribution in [0.25, 0.3) is 10.2 Å². The zero-order valence-corrected chi connectivity index (χ0v) is 13.7. The van der Waals surface area contributed by atoms with Gasteiger partial charge in [0.15, 0.2) is 0 Å². The third-order valence-corrected chi connectivity index (χ3v) is 6.09. The first-order valence-electron chi connectivity index (χ1n) is 8.26. The van der Waals surface area contributed by atoms with Gasteiger partial charge in [0.25, 0.3) is 0 Å². The van der Waals surface area contributed by atoms with Crippen LogP contribution in [0, 0.1) is 18.8 Å². The molecule has 0 aromatic carbocycles. The number of nitrogens with one attached hydrogen (secondary N) is 1. The Morgan fingerprint density at radius 1 is 1.29 bits per heavy atom. The van der Waals surface area contributed by atoms with E-state index in [0.29, 0.717) is 5.92 Å². The molecule has 2 aliphatic carbocycles. The van der Waals surface area contributed by atoms with Crippen LogP contribution in [0.1, 0.15) is 55.6 Å². The van der Waals surface area contributed by atoms with Gasteiger partial charge in [0.1, 0.15) is 16.5 Å². The van der Waals surface area contributed by atoms with Crippen molar-refractivity contribution in [3.05, 3.63) is 16.8 Å². The van der Waals surface area contributed by atoms with Gasteiger partial charge in [0, 0.05) is 17.3 Å². The third-order valence-electron chi connectivity index (χ3n) is 5.15. The van der Waals surface area contributed by atoms with Gasteiger partial charge < -0.3 is 5.32 Å². The minimum absolute atomic E-state index is 0.609. The zero-order valence-electron chi connectivity index (χ0n) is 12.9. The molecule has 112 valence electrons. The molecule has 0 radical (unpaired) electrons. The van der Waals surface area contributed by atoms with Gasteiger partial charge in [-0.15, -0.1) is 11.3 Å². The van der Waals surface area contributed by atoms with Gasteiger partial charge >= 0.3 is 0 Å². The zero-order chi connectivity index (χ0) is 14.4. The molecule has 0 saturated heterocycles. The molecule has 2 heterocycles. The summed E-state index contributed by atoms with van der Waals surface area (Å²) in [6, 6.07) is 2.22. The fourth-order valence-electron chi connectivity index (χ4n) is 4.16. The molecule has 2 aromatic rings. The first-order chi connectivity index (χ1) is 10.2. The number of aromatic nitrogens is 2. The minimum atomic E-state index is 0.609. The Kier molecular flexibility index (Phi) is 3.37. The molecular weight excluding hydrogens is 278 g/mol. The van der Waals surface area contributed by atoms with Crippen molar-refractivity contribution in [3.63, 3.8) is 0 Å². The Balaban J connectivity index is 1.75. The van der Waals surface area contributed by atoms with Crippen LogP contribution in [0.5, 0.6) is 0 Å². The van der Waals surface area contributed by atoms with Gasteiger partial charge in [-0.2, -0.15) is 0 Å². The topological polar surface area (TPSA) is 37.8 Å². The average molecular weight is 301 g/mol. The fraction of sp³-hybridized carbons (Fsp3) is 0.647. The summed E-state index contributed by atoms with van der Waals surface area (Å²) in [5.41, 5.74) is 0. The third kappa shape index (κ3) is 2.33. The molecule has 0 aliphatic heterocycles. The number of hydrogen-bond acceptors (Lipinski definition) is 4. The largest absolute Gasteiger partial charge is 0.369 e. The van der Waals surface area contributed by atoms with Crippen molar-refractivity contribution in [3.8, 4) is 0 Å². The standard InChI is InChI=1S/C17H23N3S/c1-3-6-18-15-14-7-10(2)21-17(14)20-16(19-15)13-9-11-4-5-12(13)8-11/h7,11-13H,3-6,8-9H2,1-2H3,(H,18,19,20). The molecule has 2 fully saturated rings. The molecule has 3 unspecified atom stereocenters. The molecule has 4 rings (SSSR count). The van der Waals surface area contributed by atoms with E-state index in [1.165, 1.54) is 40.8 Å². The summed E-state index contributed by atoms with van der Waals surface area (Å²) >= 11 is 1.80. The van der Waals surface area contributed by atoms with Crippen LogP contribution < -0.4 is 5.32 Å². The van der Waals surface area contributed by atoms with Crippen LogP contribution in [-0.2, 0) is 0 Å². The Labute approximate surface area is 130 Å². The van der Waals surface area contributed by atoms with Crippen molar-refractivity contribution in [1.29, 1.82) is 0 Å². The Hall–Kier alpha value is -1.16. The SMILES string of the molecule is CCCNc1nc(C2CC3CCC2C3)nc2sc(C)cc12. The maximum atomic E-state index is 4.94. The molecule has 2 aromatic heterocycles. The number of fused-ring (bicyclic) bond motifs is 3. The van der Waals surface area contributed by atoms with E-state index in [0.717, 1.165) is 36.4 Å². The van der Waals surface area contributed by atoms with Crippen LogP contribution >= 0.6 is 11.3 Å². The van der Waals surface area contributed by atoms with Crippen LogP contribution in [0.15, 0.2) is 6.07 Å². The van der Waals surface area contributed by atoms with E-state index < -0.39 is 0 Å². The normalized spacial score (nSPS) is 27.6. The van der Waals surface area contributed by atoms with E-state index in [1.807, 2.05) is 0 Å². The lowest BCUT2D eigenvalue weighted by molar-refractivity contribution is 0.406. The number of thiophene rings is 1. The Bertz CT molecular complexity index is 663. The first kappa shape index (κ1) is 13.5. The highest BCUT2D eigenvalue weighted by atomic mass is 32.1. The maximum absolute atomic E-state index is 4.94. The molecule has 2 bridgehead atoms. The van der Waals surface area contributed by atoms with Crippen LogP contribution in [-0.4, -0.2) is 16.5 Å². The highest BCUT2D eigenvalue weighted by Gasteiger charge is 2.41. The molecule has 0 spiro atoms. The monoisotopic (exact) mass is 301 g/mol. The van der Waals surface area contributed by atoms with E-state index in [-0.39, 0.29) is 0 Å². The minimum Gasteiger partial charge on any atom is -0.369 e. The van der Waals surface area contributed by atoms with Gasteiger partial charge in [-0.25, -0.2) is 9.97 Å². The highest BCUT2D eigenvalue weighted by molar-refractivity contribution is 7.18. The Morgan fingerprint density at radius 3 is 2.90 bits per heavy atom. The predicted octanol–water partition coefficient (Wildman–Crippen LogP) is 4.73. The first-order valence-corrected chi connectivity index (χ1v) is 9.08. The van der Waals surface area contributed by atoms with Gasteiger partial charge in [-0.05, 0) is 50.5 Å². The summed E-state index contributed by atoms with van der Waals surface area (Å²) in [6.07, 6.45) is 6.67. The molecular formula is C17H23N3S. The van der Waals surface area contributed by atoms with E-state index in [1.54, 1.807) is 11.3 Å². The Morgan fingerprint density at radius 2 is 2.19 bits per heavy atom. The summed E-state index contributed by atoms with van der Waals surface area (Å²) in [5.74, 6) is 4.56. The maximum Gasteiger partial charge on any atom is 0.138 e. The summed E-state index contributed by atoms with van der Waals surface area (Å²) in [5, 5.41) is 4.72. The summed E-state index contributed by atoms with van der Waals surface area (Å²) in [4.78, 5) is 12.4. The van der Waals surface area contributed by atoms with Gasteiger partial charge in [0.05, 0.1) is 5.39 Å². The van der Waals surface area contributed by atoms with Crippen LogP contribution in [0.3, 0.4) is 0 Å². The molecule has 2 saturated carbocycles. The van der Waals surface area contributed by atoms with Crippen molar-refractivity contribution in [1.82, 2.24) is 9.97 Å². The van der Waals surface area contributed by atoms with Crippen molar-refractivity contribution in [2.75, 3.05) is 11.9 Å². The summed E-state index contributed by atoms with van der Waals surface area (Å²) in [7, 11) is 0. The number of aryl methyl sites for hydroxylation is 1. The van der Waals surface area contributed by atoms with Crippen molar-refractivity contribution < 1.29 is 0 Å². The smallest absolute Gasteiger partial charge is 0.138 e. The second-order valence-electron chi connectivity index (χ2n) is 6.71. The van der Waals surface area contributed by atoms with E-state index >= 15 is 0 Å². The summed E-state index contributed by atoms with van der Waals surface area (Å²) < 4.78 is 0. The second-order valence-corrected chi connectivity index (χ2v) is 7.95. The number of anilines is 1. The van der Waals surface area contributed by atoms with Crippen LogP contribution in [0.2, 0.25) is 0 Å². The lowest BCUT2D eigenvalue weighted by atomic mass is 9.88. The molecule has 3 nitrogen and oxygen atoms in total. The number of rotatable bonds is 4. The van der Waals surface area contributed by atoms with E-state index in [2.05, 4.69) is 25.2 Å².